The van der Waals surface area contributed by atoms with Crippen LogP contribution in [-0.4, -0.2) is 27.3 Å². The lowest BCUT2D eigenvalue weighted by Gasteiger charge is -2.28. The molecule has 0 amide bonds. The smallest absolute Gasteiger partial charge is 0.338 e. The molecule has 0 saturated heterocycles. The number of nitrogens with zero attached hydrogens (tertiary/aromatic N) is 3. The molecule has 2 aromatic rings. The van der Waals surface area contributed by atoms with Gasteiger partial charge in [0.05, 0.1) is 12.2 Å². The molecule has 114 valence electrons. The summed E-state index contributed by atoms with van der Waals surface area (Å²) in [6.45, 7) is 6.01. The summed E-state index contributed by atoms with van der Waals surface area (Å²) in [4.78, 5) is 16.6. The first-order valence-electron chi connectivity index (χ1n) is 7.22. The summed E-state index contributed by atoms with van der Waals surface area (Å²) in [5.41, 5.74) is 3.41. The van der Waals surface area contributed by atoms with Crippen LogP contribution in [0.1, 0.15) is 31.0 Å². The molecule has 2 heterocycles. The number of fused-ring (bicyclic) bond motifs is 1. The average Bonchev–Trinajstić information content (AvgIpc) is 2.93. The van der Waals surface area contributed by atoms with Gasteiger partial charge >= 0.3 is 5.97 Å². The van der Waals surface area contributed by atoms with Gasteiger partial charge in [-0.25, -0.2) is 9.48 Å². The van der Waals surface area contributed by atoms with Crippen molar-refractivity contribution in [3.05, 3.63) is 53.0 Å². The second-order valence-corrected chi connectivity index (χ2v) is 5.23. The summed E-state index contributed by atoms with van der Waals surface area (Å²) in [6.07, 6.45) is 1.48. The fraction of sp³-hybridized carbons (Fsp3) is 0.312. The highest BCUT2D eigenvalue weighted by atomic mass is 16.5. The van der Waals surface area contributed by atoms with Crippen LogP contribution in [0.15, 0.2) is 41.9 Å². The third kappa shape index (κ3) is 2.36. The number of aryl methyl sites for hydroxylation is 1. The summed E-state index contributed by atoms with van der Waals surface area (Å²) in [5, 5.41) is 7.38. The normalized spacial score (nSPS) is 17.0. The molecular formula is C16H18N4O2. The Morgan fingerprint density at radius 1 is 1.41 bits per heavy atom. The van der Waals surface area contributed by atoms with Crippen LogP contribution < -0.4 is 5.32 Å². The fourth-order valence-corrected chi connectivity index (χ4v) is 2.71. The number of benzene rings is 1. The van der Waals surface area contributed by atoms with E-state index >= 15 is 0 Å². The number of ether oxygens (including phenoxy) is 1. The van der Waals surface area contributed by atoms with E-state index in [-0.39, 0.29) is 12.0 Å². The van der Waals surface area contributed by atoms with Crippen LogP contribution >= 0.6 is 0 Å². The standard InChI is InChI=1S/C16H18N4O2/c1-4-22-15(21)13-11(3)19-16-17-9-18-20(16)14(13)12-7-5-6-10(2)8-12/h5-9,14H,4H2,1-3H3,(H,17,18,19)/t14-/m1/s1. The Balaban J connectivity index is 2.15. The first-order valence-corrected chi connectivity index (χ1v) is 7.22. The monoisotopic (exact) mass is 298 g/mol. The quantitative estimate of drug-likeness (QED) is 0.881. The number of rotatable bonds is 3. The van der Waals surface area contributed by atoms with Crippen LogP contribution in [0.2, 0.25) is 0 Å². The van der Waals surface area contributed by atoms with Crippen molar-refractivity contribution in [3.63, 3.8) is 0 Å². The van der Waals surface area contributed by atoms with Gasteiger partial charge in [0.1, 0.15) is 12.4 Å². The molecule has 0 fully saturated rings. The number of hydrogen-bond donors (Lipinski definition) is 1. The molecule has 0 bridgehead atoms. The average molecular weight is 298 g/mol. The number of hydrogen-bond acceptors (Lipinski definition) is 5. The van der Waals surface area contributed by atoms with Gasteiger partial charge in [-0.05, 0) is 26.3 Å². The van der Waals surface area contributed by atoms with Gasteiger partial charge in [0.2, 0.25) is 5.95 Å². The lowest BCUT2D eigenvalue weighted by atomic mass is 9.95. The van der Waals surface area contributed by atoms with Crippen molar-refractivity contribution >= 4 is 11.9 Å². The zero-order valence-corrected chi connectivity index (χ0v) is 12.8. The molecule has 1 atom stereocenters. The number of nitrogens with one attached hydrogen (secondary N) is 1. The van der Waals surface area contributed by atoms with Gasteiger partial charge in [0.15, 0.2) is 0 Å². The Labute approximate surface area is 128 Å². The summed E-state index contributed by atoms with van der Waals surface area (Å²) < 4.78 is 6.94. The lowest BCUT2D eigenvalue weighted by Crippen LogP contribution is -2.29. The van der Waals surface area contributed by atoms with E-state index in [1.807, 2.05) is 38.1 Å². The van der Waals surface area contributed by atoms with E-state index in [2.05, 4.69) is 15.4 Å². The molecular weight excluding hydrogens is 280 g/mol. The summed E-state index contributed by atoms with van der Waals surface area (Å²) in [5.74, 6) is 0.289. The van der Waals surface area contributed by atoms with E-state index in [1.165, 1.54) is 6.33 Å². The predicted octanol–water partition coefficient (Wildman–Crippen LogP) is 2.44. The van der Waals surface area contributed by atoms with Crippen molar-refractivity contribution in [2.45, 2.75) is 26.8 Å². The van der Waals surface area contributed by atoms with E-state index in [9.17, 15) is 4.79 Å². The highest BCUT2D eigenvalue weighted by Crippen LogP contribution is 2.35. The van der Waals surface area contributed by atoms with Gasteiger partial charge < -0.3 is 10.1 Å². The van der Waals surface area contributed by atoms with Crippen LogP contribution in [0.25, 0.3) is 0 Å². The van der Waals surface area contributed by atoms with Crippen molar-refractivity contribution in [1.82, 2.24) is 14.8 Å². The molecule has 0 spiro atoms. The van der Waals surface area contributed by atoms with E-state index in [0.29, 0.717) is 18.1 Å². The Bertz CT molecular complexity index is 748. The number of carbonyl (C=O) groups excluding carboxylic acids is 1. The fourth-order valence-electron chi connectivity index (χ4n) is 2.71. The van der Waals surface area contributed by atoms with E-state index in [1.54, 1.807) is 11.6 Å². The maximum Gasteiger partial charge on any atom is 0.338 e. The topological polar surface area (TPSA) is 69.0 Å². The summed E-state index contributed by atoms with van der Waals surface area (Å²) in [6, 6.07) is 7.70. The first-order chi connectivity index (χ1) is 10.6. The Morgan fingerprint density at radius 3 is 2.95 bits per heavy atom. The van der Waals surface area contributed by atoms with Gasteiger partial charge in [0.25, 0.3) is 0 Å². The highest BCUT2D eigenvalue weighted by Gasteiger charge is 2.34. The second-order valence-electron chi connectivity index (χ2n) is 5.23. The van der Waals surface area contributed by atoms with Crippen LogP contribution in [0.5, 0.6) is 0 Å². The molecule has 6 heteroatoms. The maximum atomic E-state index is 12.4. The molecule has 1 aliphatic rings. The molecule has 0 saturated carbocycles. The van der Waals surface area contributed by atoms with Crippen molar-refractivity contribution < 1.29 is 9.53 Å². The molecule has 1 aromatic carbocycles. The highest BCUT2D eigenvalue weighted by molar-refractivity contribution is 5.92. The third-order valence-electron chi connectivity index (χ3n) is 3.65. The second kappa shape index (κ2) is 5.63. The Hall–Kier alpha value is -2.63. The molecule has 3 rings (SSSR count). The van der Waals surface area contributed by atoms with E-state index in [4.69, 9.17) is 4.74 Å². The SMILES string of the molecule is CCOC(=O)C1=C(C)Nc2ncnn2[C@@H]1c1cccc(C)c1. The molecule has 1 aromatic heterocycles. The number of anilines is 1. The summed E-state index contributed by atoms with van der Waals surface area (Å²) in [7, 11) is 0. The van der Waals surface area contributed by atoms with Crippen LogP contribution in [0.3, 0.4) is 0 Å². The van der Waals surface area contributed by atoms with Crippen molar-refractivity contribution in [3.8, 4) is 0 Å². The van der Waals surface area contributed by atoms with Crippen molar-refractivity contribution in [1.29, 1.82) is 0 Å². The minimum absolute atomic E-state index is 0.333. The maximum absolute atomic E-state index is 12.4. The van der Waals surface area contributed by atoms with Crippen molar-refractivity contribution in [2.75, 3.05) is 11.9 Å². The number of carbonyl (C=O) groups is 1. The number of allylic oxidation sites excluding steroid dienone is 1. The zero-order valence-electron chi connectivity index (χ0n) is 12.8. The molecule has 22 heavy (non-hydrogen) atoms. The largest absolute Gasteiger partial charge is 0.463 e. The Morgan fingerprint density at radius 2 is 2.23 bits per heavy atom. The Kier molecular flexibility index (Phi) is 3.66. The molecule has 0 unspecified atom stereocenters. The van der Waals surface area contributed by atoms with Gasteiger partial charge in [0, 0.05) is 5.70 Å². The minimum Gasteiger partial charge on any atom is -0.463 e. The van der Waals surface area contributed by atoms with E-state index < -0.39 is 0 Å². The molecule has 1 aliphatic heterocycles. The lowest BCUT2D eigenvalue weighted by molar-refractivity contribution is -0.139. The molecule has 6 nitrogen and oxygen atoms in total. The van der Waals surface area contributed by atoms with Crippen LogP contribution in [0.4, 0.5) is 5.95 Å². The van der Waals surface area contributed by atoms with Crippen LogP contribution in [0, 0.1) is 6.92 Å². The van der Waals surface area contributed by atoms with Gasteiger partial charge in [-0.1, -0.05) is 29.8 Å². The molecule has 1 N–H and O–H groups in total. The molecule has 0 aliphatic carbocycles. The number of aromatic nitrogens is 3. The predicted molar refractivity (Wildman–Crippen MR) is 82.3 cm³/mol. The third-order valence-corrected chi connectivity index (χ3v) is 3.65. The van der Waals surface area contributed by atoms with Gasteiger partial charge in [-0.15, -0.1) is 0 Å². The van der Waals surface area contributed by atoms with Gasteiger partial charge in [-0.3, -0.25) is 0 Å². The first kappa shape index (κ1) is 14.3. The number of esters is 1. The minimum atomic E-state index is -0.335. The van der Waals surface area contributed by atoms with E-state index in [0.717, 1.165) is 16.8 Å². The van der Waals surface area contributed by atoms with Crippen LogP contribution in [-0.2, 0) is 9.53 Å². The zero-order chi connectivity index (χ0) is 15.7. The summed E-state index contributed by atoms with van der Waals surface area (Å²) >= 11 is 0. The van der Waals surface area contributed by atoms with Gasteiger partial charge in [-0.2, -0.15) is 10.1 Å². The van der Waals surface area contributed by atoms with Crippen molar-refractivity contribution in [2.24, 2.45) is 0 Å². The molecule has 0 radical (unpaired) electrons.